The number of urea groups is 1. The van der Waals surface area contributed by atoms with Gasteiger partial charge in [-0.15, -0.1) is 0 Å². The number of nitrogens with one attached hydrogen (secondary N) is 1. The summed E-state index contributed by atoms with van der Waals surface area (Å²) in [5, 5.41) is 13.1. The van der Waals surface area contributed by atoms with Gasteiger partial charge in [-0.2, -0.15) is 11.8 Å². The van der Waals surface area contributed by atoms with Crippen molar-refractivity contribution in [1.29, 1.82) is 0 Å². The van der Waals surface area contributed by atoms with Gasteiger partial charge in [-0.3, -0.25) is 0 Å². The van der Waals surface area contributed by atoms with Gasteiger partial charge in [0.25, 0.3) is 0 Å². The van der Waals surface area contributed by atoms with Gasteiger partial charge in [-0.05, 0) is 50.7 Å². The highest BCUT2D eigenvalue weighted by Gasteiger charge is 2.30. The number of hydrogen-bond donors (Lipinski definition) is 2. The lowest BCUT2D eigenvalue weighted by Gasteiger charge is -2.36. The quantitative estimate of drug-likeness (QED) is 0.820. The summed E-state index contributed by atoms with van der Waals surface area (Å²) in [7, 11) is 0. The summed E-state index contributed by atoms with van der Waals surface area (Å²) in [5.74, 6) is 1.16. The summed E-state index contributed by atoms with van der Waals surface area (Å²) in [5.41, 5.74) is 0. The Morgan fingerprint density at radius 2 is 2.20 bits per heavy atom. The van der Waals surface area contributed by atoms with Crippen molar-refractivity contribution in [1.82, 2.24) is 10.2 Å². The Hall–Kier alpha value is -0.420. The highest BCUT2D eigenvalue weighted by Crippen LogP contribution is 2.30. The van der Waals surface area contributed by atoms with E-state index in [0.29, 0.717) is 12.5 Å². The zero-order chi connectivity index (χ0) is 14.4. The van der Waals surface area contributed by atoms with Crippen molar-refractivity contribution < 1.29 is 9.90 Å². The van der Waals surface area contributed by atoms with E-state index in [1.807, 2.05) is 16.7 Å². The lowest BCUT2D eigenvalue weighted by molar-refractivity contribution is 0.129. The first-order valence-corrected chi connectivity index (χ1v) is 9.09. The number of hydrogen-bond acceptors (Lipinski definition) is 3. The highest BCUT2D eigenvalue weighted by molar-refractivity contribution is 7.99. The highest BCUT2D eigenvalue weighted by atomic mass is 32.2. The van der Waals surface area contributed by atoms with Gasteiger partial charge in [-0.25, -0.2) is 4.79 Å². The Morgan fingerprint density at radius 3 is 2.95 bits per heavy atom. The first kappa shape index (κ1) is 16.0. The van der Waals surface area contributed by atoms with Crippen LogP contribution >= 0.6 is 11.8 Å². The minimum atomic E-state index is 0.0929. The number of rotatable bonds is 5. The van der Waals surface area contributed by atoms with Gasteiger partial charge >= 0.3 is 6.03 Å². The number of piperidine rings is 1. The van der Waals surface area contributed by atoms with Crippen LogP contribution in [0.2, 0.25) is 0 Å². The molecule has 0 bridgehead atoms. The van der Waals surface area contributed by atoms with Crippen LogP contribution in [0.15, 0.2) is 0 Å². The molecule has 0 unspecified atom stereocenters. The molecule has 20 heavy (non-hydrogen) atoms. The number of likely N-dealkylation sites (tertiary alicyclic amines) is 1. The average molecular weight is 300 g/mol. The van der Waals surface area contributed by atoms with Crippen LogP contribution in [0.25, 0.3) is 0 Å². The lowest BCUT2D eigenvalue weighted by Crippen LogP contribution is -2.51. The molecule has 2 fully saturated rings. The molecule has 2 N–H and O–H groups in total. The molecule has 3 atom stereocenters. The summed E-state index contributed by atoms with van der Waals surface area (Å²) in [6.07, 6.45) is 7.47. The van der Waals surface area contributed by atoms with Crippen LogP contribution in [0, 0.1) is 0 Å². The van der Waals surface area contributed by atoms with Gasteiger partial charge in [0.05, 0.1) is 0 Å². The monoisotopic (exact) mass is 300 g/mol. The fraction of sp³-hybridized carbons (Fsp3) is 0.933. The topological polar surface area (TPSA) is 52.6 Å². The lowest BCUT2D eigenvalue weighted by atomic mass is 10.00. The summed E-state index contributed by atoms with van der Waals surface area (Å²) in [6.45, 7) is 3.22. The molecule has 0 spiro atoms. The Balaban J connectivity index is 1.81. The van der Waals surface area contributed by atoms with E-state index in [1.165, 1.54) is 12.8 Å². The van der Waals surface area contributed by atoms with Gasteiger partial charge in [0, 0.05) is 30.5 Å². The van der Waals surface area contributed by atoms with Gasteiger partial charge in [0.2, 0.25) is 0 Å². The minimum absolute atomic E-state index is 0.0929. The van der Waals surface area contributed by atoms with Crippen LogP contribution in [0.3, 0.4) is 0 Å². The maximum absolute atomic E-state index is 12.4. The molecule has 2 aliphatic rings. The van der Waals surface area contributed by atoms with Crippen LogP contribution in [0.4, 0.5) is 4.79 Å². The fourth-order valence-electron chi connectivity index (χ4n) is 3.43. The molecule has 1 aliphatic carbocycles. The van der Waals surface area contributed by atoms with Crippen LogP contribution in [-0.4, -0.2) is 52.3 Å². The van der Waals surface area contributed by atoms with Crippen molar-refractivity contribution in [3.05, 3.63) is 0 Å². The predicted molar refractivity (Wildman–Crippen MR) is 84.1 cm³/mol. The van der Waals surface area contributed by atoms with Gasteiger partial charge in [-0.1, -0.05) is 6.92 Å². The summed E-state index contributed by atoms with van der Waals surface area (Å²) < 4.78 is 0. The molecule has 0 radical (unpaired) electrons. The van der Waals surface area contributed by atoms with E-state index in [9.17, 15) is 4.79 Å². The minimum Gasteiger partial charge on any atom is -0.396 e. The zero-order valence-corrected chi connectivity index (χ0v) is 13.3. The van der Waals surface area contributed by atoms with Crippen molar-refractivity contribution in [2.45, 2.75) is 69.2 Å². The predicted octanol–water partition coefficient (Wildman–Crippen LogP) is 2.61. The van der Waals surface area contributed by atoms with Crippen LogP contribution in [0.5, 0.6) is 0 Å². The maximum atomic E-state index is 12.4. The number of aliphatic hydroxyl groups is 1. The van der Waals surface area contributed by atoms with E-state index >= 15 is 0 Å². The molecule has 4 nitrogen and oxygen atoms in total. The molecule has 116 valence electrons. The standard InChI is InChI=1S/C15H28N2O2S/c1-2-20-14-7-6-12(11-14)16-15(19)17-9-4-3-5-13(17)8-10-18/h12-14,18H,2-11H2,1H3,(H,16,19)/t12-,13+,14-/m1/s1. The largest absolute Gasteiger partial charge is 0.396 e. The number of thioether (sulfide) groups is 1. The molecule has 1 saturated carbocycles. The molecule has 1 aliphatic heterocycles. The van der Waals surface area contributed by atoms with E-state index < -0.39 is 0 Å². The fourth-order valence-corrected chi connectivity index (χ4v) is 4.58. The second-order valence-electron chi connectivity index (χ2n) is 5.89. The van der Waals surface area contributed by atoms with E-state index in [0.717, 1.165) is 43.2 Å². The third-order valence-corrected chi connectivity index (χ3v) is 5.70. The third kappa shape index (κ3) is 4.29. The van der Waals surface area contributed by atoms with Crippen molar-refractivity contribution in [3.8, 4) is 0 Å². The van der Waals surface area contributed by atoms with E-state index in [4.69, 9.17) is 5.11 Å². The second-order valence-corrected chi connectivity index (χ2v) is 7.47. The second kappa shape index (κ2) is 8.13. The molecule has 2 rings (SSSR count). The van der Waals surface area contributed by atoms with Crippen molar-refractivity contribution in [2.75, 3.05) is 18.9 Å². The molecule has 0 aromatic rings. The van der Waals surface area contributed by atoms with Crippen LogP contribution in [0.1, 0.15) is 51.9 Å². The Morgan fingerprint density at radius 1 is 1.35 bits per heavy atom. The number of nitrogens with zero attached hydrogens (tertiary/aromatic N) is 1. The maximum Gasteiger partial charge on any atom is 0.317 e. The van der Waals surface area contributed by atoms with Crippen molar-refractivity contribution in [3.63, 3.8) is 0 Å². The zero-order valence-electron chi connectivity index (χ0n) is 12.5. The first-order valence-electron chi connectivity index (χ1n) is 8.04. The normalized spacial score (nSPS) is 30.5. The third-order valence-electron chi connectivity index (χ3n) is 4.46. The smallest absolute Gasteiger partial charge is 0.317 e. The summed E-state index contributed by atoms with van der Waals surface area (Å²) >= 11 is 2.02. The molecule has 1 heterocycles. The number of amides is 2. The molecule has 0 aromatic carbocycles. The van der Waals surface area contributed by atoms with Gasteiger partial charge in [0.1, 0.15) is 0 Å². The number of carbonyl (C=O) groups excluding carboxylic acids is 1. The average Bonchev–Trinajstić information content (AvgIpc) is 2.87. The molecule has 1 saturated heterocycles. The number of aliphatic hydroxyl groups excluding tert-OH is 1. The summed E-state index contributed by atoms with van der Waals surface area (Å²) in [4.78, 5) is 14.4. The molecular formula is C15H28N2O2S. The molecule has 0 aromatic heterocycles. The van der Waals surface area contributed by atoms with Crippen molar-refractivity contribution in [2.24, 2.45) is 0 Å². The van der Waals surface area contributed by atoms with Gasteiger partial charge in [0.15, 0.2) is 0 Å². The van der Waals surface area contributed by atoms with E-state index in [1.54, 1.807) is 0 Å². The molecule has 2 amide bonds. The van der Waals surface area contributed by atoms with Crippen molar-refractivity contribution >= 4 is 17.8 Å². The van der Waals surface area contributed by atoms with E-state index in [2.05, 4.69) is 12.2 Å². The number of carbonyl (C=O) groups is 1. The molecule has 5 heteroatoms. The Bertz CT molecular complexity index is 312. The van der Waals surface area contributed by atoms with Crippen LogP contribution in [-0.2, 0) is 0 Å². The van der Waals surface area contributed by atoms with Gasteiger partial charge < -0.3 is 15.3 Å². The first-order chi connectivity index (χ1) is 9.74. The van der Waals surface area contributed by atoms with E-state index in [-0.39, 0.29) is 18.7 Å². The Kier molecular flexibility index (Phi) is 6.49. The Labute approximate surface area is 126 Å². The van der Waals surface area contributed by atoms with Crippen LogP contribution < -0.4 is 5.32 Å². The summed E-state index contributed by atoms with van der Waals surface area (Å²) in [6, 6.07) is 0.675. The molecular weight excluding hydrogens is 272 g/mol. The SMILES string of the molecule is CCS[C@@H]1CC[C@@H](NC(=O)N2CCCC[C@H]2CCO)C1.